The number of carbonyl (C=O) groups excluding carboxylic acids is 1. The third-order valence-electron chi connectivity index (χ3n) is 4.13. The fraction of sp³-hybridized carbons (Fsp3) is 0.812. The molecule has 1 fully saturated rings. The smallest absolute Gasteiger partial charge is 0.410 e. The van der Waals surface area contributed by atoms with Crippen molar-refractivity contribution in [2.75, 3.05) is 31.1 Å². The van der Waals surface area contributed by atoms with Gasteiger partial charge in [0.05, 0.1) is 11.5 Å². The van der Waals surface area contributed by atoms with Gasteiger partial charge < -0.3 is 15.0 Å². The van der Waals surface area contributed by atoms with Gasteiger partial charge in [-0.1, -0.05) is 11.6 Å². The molecule has 2 aliphatic rings. The van der Waals surface area contributed by atoms with Crippen LogP contribution >= 0.6 is 0 Å². The normalized spacial score (nSPS) is 22.6. The number of nitrogens with one attached hydrogen (secondary N) is 1. The van der Waals surface area contributed by atoms with E-state index in [1.807, 2.05) is 20.8 Å². The molecule has 1 amide bonds. The van der Waals surface area contributed by atoms with Crippen molar-refractivity contribution in [3.05, 3.63) is 11.6 Å². The van der Waals surface area contributed by atoms with Crippen LogP contribution in [0.15, 0.2) is 11.6 Å². The molecule has 0 aromatic carbocycles. The van der Waals surface area contributed by atoms with Crippen molar-refractivity contribution in [1.29, 1.82) is 0 Å². The number of amides is 1. The lowest BCUT2D eigenvalue weighted by Crippen LogP contribution is -2.41. The molecule has 0 saturated carbocycles. The minimum absolute atomic E-state index is 0.266. The van der Waals surface area contributed by atoms with E-state index in [0.29, 0.717) is 25.9 Å². The Labute approximate surface area is 139 Å². The Morgan fingerprint density at radius 3 is 2.52 bits per heavy atom. The summed E-state index contributed by atoms with van der Waals surface area (Å²) in [5.74, 6) is 0.576. The molecule has 2 rings (SSSR count). The molecule has 0 aliphatic carbocycles. The van der Waals surface area contributed by atoms with Crippen molar-refractivity contribution < 1.29 is 17.9 Å². The topological polar surface area (TPSA) is 75.7 Å². The van der Waals surface area contributed by atoms with Gasteiger partial charge in [-0.15, -0.1) is 0 Å². The summed E-state index contributed by atoms with van der Waals surface area (Å²) in [5.41, 5.74) is 0.808. The van der Waals surface area contributed by atoms with E-state index in [0.717, 1.165) is 13.0 Å². The van der Waals surface area contributed by atoms with Crippen molar-refractivity contribution in [3.63, 3.8) is 0 Å². The second-order valence-electron chi connectivity index (χ2n) is 7.35. The molecular weight excluding hydrogens is 316 g/mol. The Morgan fingerprint density at radius 1 is 1.35 bits per heavy atom. The number of hydrogen-bond acceptors (Lipinski definition) is 5. The highest BCUT2D eigenvalue weighted by atomic mass is 32.2. The summed E-state index contributed by atoms with van der Waals surface area (Å²) in [6.07, 6.45) is 4.02. The van der Waals surface area contributed by atoms with E-state index in [4.69, 9.17) is 4.74 Å². The van der Waals surface area contributed by atoms with E-state index < -0.39 is 15.4 Å². The van der Waals surface area contributed by atoms with Gasteiger partial charge in [0.2, 0.25) is 0 Å². The van der Waals surface area contributed by atoms with Crippen molar-refractivity contribution in [2.45, 2.75) is 51.7 Å². The van der Waals surface area contributed by atoms with Gasteiger partial charge in [0.15, 0.2) is 0 Å². The van der Waals surface area contributed by atoms with Gasteiger partial charge in [-0.3, -0.25) is 0 Å². The van der Waals surface area contributed by atoms with Crippen LogP contribution in [0, 0.1) is 0 Å². The average molecular weight is 344 g/mol. The molecular formula is C16H28N2O4S. The van der Waals surface area contributed by atoms with Gasteiger partial charge in [0.25, 0.3) is 0 Å². The number of carbonyl (C=O) groups is 1. The number of rotatable bonds is 3. The average Bonchev–Trinajstić information content (AvgIpc) is 2.45. The van der Waals surface area contributed by atoms with Gasteiger partial charge in [-0.25, -0.2) is 13.2 Å². The largest absolute Gasteiger partial charge is 0.444 e. The van der Waals surface area contributed by atoms with Crippen LogP contribution in [0.4, 0.5) is 4.79 Å². The molecule has 0 bridgehead atoms. The summed E-state index contributed by atoms with van der Waals surface area (Å²) in [5, 5.41) is 3.44. The molecule has 0 spiro atoms. The highest BCUT2D eigenvalue weighted by Gasteiger charge is 2.25. The number of ether oxygens (including phenoxy) is 1. The van der Waals surface area contributed by atoms with E-state index >= 15 is 0 Å². The first-order chi connectivity index (χ1) is 10.6. The van der Waals surface area contributed by atoms with Crippen molar-refractivity contribution in [3.8, 4) is 0 Å². The van der Waals surface area contributed by atoms with Crippen molar-refractivity contribution >= 4 is 15.9 Å². The zero-order valence-corrected chi connectivity index (χ0v) is 15.1. The van der Waals surface area contributed by atoms with E-state index in [-0.39, 0.29) is 23.6 Å². The van der Waals surface area contributed by atoms with Gasteiger partial charge in [-0.2, -0.15) is 0 Å². The SMILES string of the molecule is CC(C)(C)OC(=O)N1CC=C(CNC2CCS(=O)(=O)CC2)CC1. The Morgan fingerprint density at radius 2 is 2.00 bits per heavy atom. The first-order valence-electron chi connectivity index (χ1n) is 8.24. The van der Waals surface area contributed by atoms with Crippen LogP contribution in [0.5, 0.6) is 0 Å². The zero-order valence-electron chi connectivity index (χ0n) is 14.3. The molecule has 0 unspecified atom stereocenters. The quantitative estimate of drug-likeness (QED) is 0.789. The molecule has 0 aromatic rings. The first-order valence-corrected chi connectivity index (χ1v) is 10.1. The predicted molar refractivity (Wildman–Crippen MR) is 90.2 cm³/mol. The maximum atomic E-state index is 12.0. The number of sulfone groups is 1. The van der Waals surface area contributed by atoms with Crippen LogP contribution in [-0.4, -0.2) is 62.2 Å². The summed E-state index contributed by atoms with van der Waals surface area (Å²) >= 11 is 0. The van der Waals surface area contributed by atoms with Gasteiger partial charge in [0.1, 0.15) is 15.4 Å². The summed E-state index contributed by atoms with van der Waals surface area (Å²) in [6, 6.07) is 0.281. The highest BCUT2D eigenvalue weighted by Crippen LogP contribution is 2.16. The second-order valence-corrected chi connectivity index (χ2v) is 9.65. The fourth-order valence-electron chi connectivity index (χ4n) is 2.73. The molecule has 6 nitrogen and oxygen atoms in total. The zero-order chi connectivity index (χ0) is 17.1. The maximum Gasteiger partial charge on any atom is 0.410 e. The summed E-state index contributed by atoms with van der Waals surface area (Å²) < 4.78 is 28.2. The van der Waals surface area contributed by atoms with E-state index in [9.17, 15) is 13.2 Å². The molecule has 1 N–H and O–H groups in total. The van der Waals surface area contributed by atoms with Crippen molar-refractivity contribution in [1.82, 2.24) is 10.2 Å². The van der Waals surface area contributed by atoms with E-state index in [1.54, 1.807) is 4.90 Å². The Bertz CT molecular complexity index is 549. The van der Waals surface area contributed by atoms with E-state index in [1.165, 1.54) is 5.57 Å². The fourth-order valence-corrected chi connectivity index (χ4v) is 4.23. The second kappa shape index (κ2) is 7.21. The highest BCUT2D eigenvalue weighted by molar-refractivity contribution is 7.91. The summed E-state index contributed by atoms with van der Waals surface area (Å²) in [6.45, 7) is 7.61. The lowest BCUT2D eigenvalue weighted by Gasteiger charge is -2.30. The predicted octanol–water partition coefficient (Wildman–Crippen LogP) is 1.72. The van der Waals surface area contributed by atoms with Crippen LogP contribution < -0.4 is 5.32 Å². The van der Waals surface area contributed by atoms with Crippen LogP contribution in [0.1, 0.15) is 40.0 Å². The van der Waals surface area contributed by atoms with E-state index in [2.05, 4.69) is 11.4 Å². The van der Waals surface area contributed by atoms with Crippen molar-refractivity contribution in [2.24, 2.45) is 0 Å². The monoisotopic (exact) mass is 344 g/mol. The minimum atomic E-state index is -2.80. The van der Waals surface area contributed by atoms with Crippen LogP contribution in [0.3, 0.4) is 0 Å². The summed E-state index contributed by atoms with van der Waals surface area (Å²) in [4.78, 5) is 13.7. The van der Waals surface area contributed by atoms with Gasteiger partial charge >= 0.3 is 6.09 Å². The van der Waals surface area contributed by atoms with Crippen LogP contribution in [-0.2, 0) is 14.6 Å². The van der Waals surface area contributed by atoms with Crippen LogP contribution in [0.25, 0.3) is 0 Å². The molecule has 23 heavy (non-hydrogen) atoms. The number of hydrogen-bond donors (Lipinski definition) is 1. The molecule has 0 aromatic heterocycles. The summed E-state index contributed by atoms with van der Waals surface area (Å²) in [7, 11) is -2.80. The molecule has 2 aliphatic heterocycles. The first kappa shape index (κ1) is 18.3. The Balaban J connectivity index is 1.74. The molecule has 2 heterocycles. The molecule has 1 saturated heterocycles. The van der Waals surface area contributed by atoms with Crippen LogP contribution in [0.2, 0.25) is 0 Å². The van der Waals surface area contributed by atoms with Gasteiger partial charge in [0, 0.05) is 25.7 Å². The Hall–Kier alpha value is -1.08. The third kappa shape index (κ3) is 6.14. The number of nitrogens with zero attached hydrogens (tertiary/aromatic N) is 1. The maximum absolute atomic E-state index is 12.0. The standard InChI is InChI=1S/C16H28N2O4S/c1-16(2,3)22-15(19)18-8-4-13(5-9-18)12-17-14-6-10-23(20,21)11-7-14/h4,14,17H,5-12H2,1-3H3. The lowest BCUT2D eigenvalue weighted by atomic mass is 10.1. The van der Waals surface area contributed by atoms with Gasteiger partial charge in [-0.05, 0) is 40.0 Å². The molecule has 0 radical (unpaired) electrons. The third-order valence-corrected chi connectivity index (χ3v) is 5.84. The lowest BCUT2D eigenvalue weighted by molar-refractivity contribution is 0.0265. The minimum Gasteiger partial charge on any atom is -0.444 e. The molecule has 7 heteroatoms. The Kier molecular flexibility index (Phi) is 5.73. The molecule has 0 atom stereocenters. The molecule has 132 valence electrons.